The second-order valence-corrected chi connectivity index (χ2v) is 6.28. The smallest absolute Gasteiger partial charge is 0.242 e. The van der Waals surface area contributed by atoms with E-state index in [0.29, 0.717) is 0 Å². The summed E-state index contributed by atoms with van der Waals surface area (Å²) in [4.78, 5) is -0.158. The maximum atomic E-state index is 12.1. The zero-order valence-electron chi connectivity index (χ0n) is 10.7. The van der Waals surface area contributed by atoms with Crippen molar-refractivity contribution in [1.29, 1.82) is 5.26 Å². The average Bonchev–Trinajstić information content (AvgIpc) is 2.98. The zero-order valence-corrected chi connectivity index (χ0v) is 12.2. The lowest BCUT2D eigenvalue weighted by molar-refractivity contribution is 0.154. The number of hydrogen-bond donors (Lipinski definition) is 2. The summed E-state index contributed by atoms with van der Waals surface area (Å²) in [6, 6.07) is 8.84. The number of furan rings is 1. The lowest BCUT2D eigenvalue weighted by Gasteiger charge is -2.11. The van der Waals surface area contributed by atoms with Gasteiger partial charge in [-0.25, -0.2) is 13.1 Å². The number of rotatable bonds is 5. The van der Waals surface area contributed by atoms with Crippen molar-refractivity contribution in [2.75, 3.05) is 6.54 Å². The summed E-state index contributed by atoms with van der Waals surface area (Å²) in [6.45, 7) is -0.258. The summed E-state index contributed by atoms with van der Waals surface area (Å²) in [5.41, 5.74) is 0.259. The molecule has 1 aromatic heterocycles. The summed E-state index contributed by atoms with van der Waals surface area (Å²) in [5.74, 6) is 0.253. The number of hydrogen-bond acceptors (Lipinski definition) is 5. The molecule has 2 rings (SSSR count). The molecule has 0 saturated heterocycles. The van der Waals surface area contributed by atoms with Gasteiger partial charge in [0.05, 0.1) is 22.9 Å². The van der Waals surface area contributed by atoms with Crippen LogP contribution in [0.15, 0.2) is 45.9 Å². The Hall–Kier alpha value is -1.85. The summed E-state index contributed by atoms with van der Waals surface area (Å²) in [6.07, 6.45) is 0.275. The number of nitrogens with zero attached hydrogens (tertiary/aromatic N) is 1. The minimum absolute atomic E-state index is 0.0611. The van der Waals surface area contributed by atoms with Gasteiger partial charge in [0.1, 0.15) is 16.8 Å². The summed E-state index contributed by atoms with van der Waals surface area (Å²) >= 11 is 5.86. The van der Waals surface area contributed by atoms with Crippen LogP contribution in [-0.4, -0.2) is 20.1 Å². The molecule has 0 aliphatic heterocycles. The van der Waals surface area contributed by atoms with E-state index < -0.39 is 16.1 Å². The second kappa shape index (κ2) is 6.28. The van der Waals surface area contributed by atoms with Crippen LogP contribution >= 0.6 is 11.6 Å². The van der Waals surface area contributed by atoms with Gasteiger partial charge in [0, 0.05) is 6.54 Å². The Morgan fingerprint density at radius 2 is 2.19 bits per heavy atom. The molecule has 8 heteroatoms. The number of nitriles is 1. The largest absolute Gasteiger partial charge is 0.467 e. The van der Waals surface area contributed by atoms with E-state index in [-0.39, 0.29) is 27.8 Å². The van der Waals surface area contributed by atoms with Gasteiger partial charge >= 0.3 is 0 Å². The highest BCUT2D eigenvalue weighted by molar-refractivity contribution is 7.89. The summed E-state index contributed by atoms with van der Waals surface area (Å²) in [7, 11) is -3.90. The fraction of sp³-hybridized carbons (Fsp3) is 0.154. The lowest BCUT2D eigenvalue weighted by atomic mass is 10.2. The van der Waals surface area contributed by atoms with Crippen LogP contribution in [-0.2, 0) is 10.0 Å². The molecule has 0 amide bonds. The quantitative estimate of drug-likeness (QED) is 0.872. The van der Waals surface area contributed by atoms with E-state index in [1.807, 2.05) is 6.07 Å². The van der Waals surface area contributed by atoms with Gasteiger partial charge in [-0.1, -0.05) is 11.6 Å². The van der Waals surface area contributed by atoms with Crippen LogP contribution in [0.5, 0.6) is 0 Å². The maximum Gasteiger partial charge on any atom is 0.242 e. The third kappa shape index (κ3) is 3.62. The number of sulfonamides is 1. The molecule has 2 aromatic rings. The van der Waals surface area contributed by atoms with Crippen molar-refractivity contribution in [3.8, 4) is 6.07 Å². The van der Waals surface area contributed by atoms with Crippen LogP contribution in [0.3, 0.4) is 0 Å². The number of aliphatic hydroxyl groups excluding tert-OH is 1. The van der Waals surface area contributed by atoms with Gasteiger partial charge in [0.15, 0.2) is 0 Å². The molecule has 0 spiro atoms. The van der Waals surface area contributed by atoms with E-state index in [1.54, 1.807) is 6.07 Å². The topological polar surface area (TPSA) is 103 Å². The number of halogens is 1. The molecule has 2 N–H and O–H groups in total. The first-order valence-electron chi connectivity index (χ1n) is 5.85. The van der Waals surface area contributed by atoms with Gasteiger partial charge < -0.3 is 9.52 Å². The normalized spacial score (nSPS) is 12.8. The van der Waals surface area contributed by atoms with Gasteiger partial charge in [0.2, 0.25) is 10.0 Å². The average molecular weight is 327 g/mol. The van der Waals surface area contributed by atoms with E-state index in [9.17, 15) is 13.5 Å². The lowest BCUT2D eigenvalue weighted by Crippen LogP contribution is -2.28. The van der Waals surface area contributed by atoms with Gasteiger partial charge in [-0.15, -0.1) is 0 Å². The molecule has 0 saturated carbocycles. The van der Waals surface area contributed by atoms with Crippen molar-refractivity contribution in [3.05, 3.63) is 52.9 Å². The molecule has 1 heterocycles. The van der Waals surface area contributed by atoms with Gasteiger partial charge in [-0.3, -0.25) is 0 Å². The highest BCUT2D eigenvalue weighted by Gasteiger charge is 2.20. The first-order valence-corrected chi connectivity index (χ1v) is 7.71. The first-order chi connectivity index (χ1) is 9.94. The van der Waals surface area contributed by atoms with Crippen LogP contribution < -0.4 is 4.72 Å². The van der Waals surface area contributed by atoms with Gasteiger partial charge in [0.25, 0.3) is 0 Å². The predicted octanol–water partition coefficient (Wildman–Crippen LogP) is 1.82. The van der Waals surface area contributed by atoms with E-state index >= 15 is 0 Å². The third-order valence-corrected chi connectivity index (χ3v) is 4.60. The molecule has 0 bridgehead atoms. The van der Waals surface area contributed by atoms with Crippen molar-refractivity contribution in [3.63, 3.8) is 0 Å². The Labute approximate surface area is 126 Å². The van der Waals surface area contributed by atoms with Crippen molar-refractivity contribution < 1.29 is 17.9 Å². The Kier molecular flexibility index (Phi) is 4.65. The molecule has 1 atom stereocenters. The van der Waals surface area contributed by atoms with Crippen molar-refractivity contribution in [2.45, 2.75) is 11.0 Å². The molecular formula is C13H11ClN2O4S. The minimum Gasteiger partial charge on any atom is -0.467 e. The molecule has 0 aliphatic rings. The molecule has 1 unspecified atom stereocenters. The molecule has 1 aromatic carbocycles. The second-order valence-electron chi connectivity index (χ2n) is 4.14. The van der Waals surface area contributed by atoms with E-state index in [4.69, 9.17) is 21.3 Å². The monoisotopic (exact) mass is 326 g/mol. The van der Waals surface area contributed by atoms with E-state index in [1.165, 1.54) is 30.5 Å². The molecule has 110 valence electrons. The number of nitrogens with one attached hydrogen (secondary N) is 1. The van der Waals surface area contributed by atoms with Gasteiger partial charge in [-0.2, -0.15) is 5.26 Å². The fourth-order valence-electron chi connectivity index (χ4n) is 1.64. The Balaban J connectivity index is 2.14. The van der Waals surface area contributed by atoms with Crippen molar-refractivity contribution in [2.24, 2.45) is 0 Å². The van der Waals surface area contributed by atoms with Crippen molar-refractivity contribution in [1.82, 2.24) is 4.72 Å². The molecule has 0 aliphatic carbocycles. The Morgan fingerprint density at radius 1 is 1.43 bits per heavy atom. The molecule has 0 radical (unpaired) electrons. The Bertz CT molecular complexity index is 766. The van der Waals surface area contributed by atoms with Crippen LogP contribution in [0.4, 0.5) is 0 Å². The number of aliphatic hydroxyl groups is 1. The van der Waals surface area contributed by atoms with E-state index in [0.717, 1.165) is 0 Å². The SMILES string of the molecule is N#Cc1ccc(S(=O)(=O)NCC(O)c2ccco2)c(Cl)c1. The highest BCUT2D eigenvalue weighted by atomic mass is 35.5. The maximum absolute atomic E-state index is 12.1. The minimum atomic E-state index is -3.90. The van der Waals surface area contributed by atoms with Crippen LogP contribution in [0.2, 0.25) is 5.02 Å². The number of benzene rings is 1. The zero-order chi connectivity index (χ0) is 15.5. The van der Waals surface area contributed by atoms with Crippen molar-refractivity contribution >= 4 is 21.6 Å². The Morgan fingerprint density at radius 3 is 2.76 bits per heavy atom. The predicted molar refractivity (Wildman–Crippen MR) is 75.0 cm³/mol. The van der Waals surface area contributed by atoms with Gasteiger partial charge in [-0.05, 0) is 30.3 Å². The van der Waals surface area contributed by atoms with E-state index in [2.05, 4.69) is 4.72 Å². The summed E-state index contributed by atoms with van der Waals surface area (Å²) in [5, 5.41) is 18.4. The standard InChI is InChI=1S/C13H11ClN2O4S/c14-10-6-9(7-15)3-4-13(10)21(18,19)16-8-11(17)12-2-1-5-20-12/h1-6,11,16-17H,8H2. The first kappa shape index (κ1) is 15.5. The van der Waals surface area contributed by atoms with Crippen LogP contribution in [0.1, 0.15) is 17.4 Å². The molecular weight excluding hydrogens is 316 g/mol. The highest BCUT2D eigenvalue weighted by Crippen LogP contribution is 2.23. The van der Waals surface area contributed by atoms with Crippen LogP contribution in [0.25, 0.3) is 0 Å². The molecule has 0 fully saturated rings. The third-order valence-electron chi connectivity index (χ3n) is 2.69. The molecule has 21 heavy (non-hydrogen) atoms. The fourth-order valence-corrected chi connectivity index (χ4v) is 3.22. The summed E-state index contributed by atoms with van der Waals surface area (Å²) < 4.78 is 31.4. The molecule has 6 nitrogen and oxygen atoms in total. The van der Waals surface area contributed by atoms with Crippen LogP contribution in [0, 0.1) is 11.3 Å².